The Morgan fingerprint density at radius 3 is 2.48 bits per heavy atom. The van der Waals surface area contributed by atoms with Gasteiger partial charge in [0.25, 0.3) is 0 Å². The van der Waals surface area contributed by atoms with E-state index in [0.29, 0.717) is 0 Å². The largest absolute Gasteiger partial charge is 0.379 e. The summed E-state index contributed by atoms with van der Waals surface area (Å²) in [4.78, 5) is 0. The maximum atomic E-state index is 4.72. The van der Waals surface area contributed by atoms with E-state index in [4.69, 9.17) is 5.10 Å². The number of anilines is 1. The Kier molecular flexibility index (Phi) is 3.65. The van der Waals surface area contributed by atoms with Gasteiger partial charge < -0.3 is 5.32 Å². The van der Waals surface area contributed by atoms with E-state index in [9.17, 15) is 0 Å². The number of nitrogens with one attached hydrogen (secondary N) is 1. The zero-order chi connectivity index (χ0) is 14.8. The van der Waals surface area contributed by atoms with Crippen LogP contribution in [0.4, 0.5) is 5.69 Å². The Morgan fingerprint density at radius 1 is 1.05 bits per heavy atom. The Hall–Kier alpha value is -2.29. The smallest absolute Gasteiger partial charge is 0.0894 e. The van der Waals surface area contributed by atoms with Crippen molar-refractivity contribution in [1.82, 2.24) is 9.78 Å². The van der Waals surface area contributed by atoms with Gasteiger partial charge in [-0.15, -0.1) is 0 Å². The first-order valence-electron chi connectivity index (χ1n) is 7.44. The molecule has 0 aliphatic heterocycles. The number of aryl methyl sites for hydroxylation is 3. The summed E-state index contributed by atoms with van der Waals surface area (Å²) in [6, 6.07) is 14.9. The molecule has 3 nitrogen and oxygen atoms in total. The van der Waals surface area contributed by atoms with E-state index in [0.717, 1.165) is 24.5 Å². The normalized spacial score (nSPS) is 11.0. The van der Waals surface area contributed by atoms with Crippen molar-refractivity contribution in [3.63, 3.8) is 0 Å². The lowest BCUT2D eigenvalue weighted by Crippen LogP contribution is -2.03. The summed E-state index contributed by atoms with van der Waals surface area (Å²) in [7, 11) is 0. The third kappa shape index (κ3) is 2.77. The third-order valence-corrected chi connectivity index (χ3v) is 3.72. The first-order chi connectivity index (χ1) is 10.2. The lowest BCUT2D eigenvalue weighted by molar-refractivity contribution is 0.671. The molecule has 0 aliphatic rings. The zero-order valence-electron chi connectivity index (χ0n) is 12.9. The van der Waals surface area contributed by atoms with Crippen LogP contribution in [0.5, 0.6) is 0 Å². The first kappa shape index (κ1) is 13.7. The average Bonchev–Trinajstić information content (AvgIpc) is 2.82. The van der Waals surface area contributed by atoms with Crippen LogP contribution in [0.25, 0.3) is 10.9 Å². The molecule has 1 aromatic heterocycles. The van der Waals surface area contributed by atoms with Gasteiger partial charge in [-0.25, -0.2) is 0 Å². The summed E-state index contributed by atoms with van der Waals surface area (Å²) in [6.45, 7) is 8.01. The molecule has 0 bridgehead atoms. The van der Waals surface area contributed by atoms with Gasteiger partial charge in [-0.2, -0.15) is 5.10 Å². The molecule has 1 heterocycles. The number of para-hydroxylation sites is 1. The van der Waals surface area contributed by atoms with E-state index in [2.05, 4.69) is 73.2 Å². The molecule has 0 amide bonds. The van der Waals surface area contributed by atoms with E-state index in [-0.39, 0.29) is 0 Å². The Bertz CT molecular complexity index is 751. The van der Waals surface area contributed by atoms with Crippen molar-refractivity contribution in [3.05, 3.63) is 59.3 Å². The van der Waals surface area contributed by atoms with Crippen molar-refractivity contribution in [3.8, 4) is 0 Å². The monoisotopic (exact) mass is 279 g/mol. The summed E-state index contributed by atoms with van der Waals surface area (Å²) in [6.07, 6.45) is 0. The molecule has 0 saturated carbocycles. The van der Waals surface area contributed by atoms with Gasteiger partial charge in [0.05, 0.1) is 17.8 Å². The molecule has 0 aliphatic carbocycles. The van der Waals surface area contributed by atoms with E-state index < -0.39 is 0 Å². The highest BCUT2D eigenvalue weighted by Gasteiger charge is 2.08. The van der Waals surface area contributed by atoms with Crippen molar-refractivity contribution >= 4 is 16.6 Å². The minimum absolute atomic E-state index is 0.746. The summed E-state index contributed by atoms with van der Waals surface area (Å²) < 4.78 is 2.06. The number of benzene rings is 2. The number of hydrogen-bond acceptors (Lipinski definition) is 2. The standard InChI is InChI=1S/C18H21N3/c1-4-21-18-8-6-5-7-16(18)17(20-21)12-19-15-10-13(2)9-14(3)11-15/h5-11,19H,4,12H2,1-3H3. The number of nitrogens with zero attached hydrogens (tertiary/aromatic N) is 2. The highest BCUT2D eigenvalue weighted by Crippen LogP contribution is 2.20. The van der Waals surface area contributed by atoms with Crippen molar-refractivity contribution in [2.75, 3.05) is 5.32 Å². The second kappa shape index (κ2) is 5.60. The Balaban J connectivity index is 1.88. The highest BCUT2D eigenvalue weighted by atomic mass is 15.3. The predicted molar refractivity (Wildman–Crippen MR) is 88.6 cm³/mol. The SMILES string of the molecule is CCn1nc(CNc2cc(C)cc(C)c2)c2ccccc21. The molecule has 0 saturated heterocycles. The van der Waals surface area contributed by atoms with Gasteiger partial charge in [0.2, 0.25) is 0 Å². The molecule has 0 radical (unpaired) electrons. The minimum atomic E-state index is 0.746. The van der Waals surface area contributed by atoms with Gasteiger partial charge in [0, 0.05) is 17.6 Å². The topological polar surface area (TPSA) is 29.9 Å². The van der Waals surface area contributed by atoms with Crippen molar-refractivity contribution in [1.29, 1.82) is 0 Å². The van der Waals surface area contributed by atoms with Crippen LogP contribution in [0, 0.1) is 13.8 Å². The van der Waals surface area contributed by atoms with E-state index in [1.807, 2.05) is 0 Å². The summed E-state index contributed by atoms with van der Waals surface area (Å²) >= 11 is 0. The van der Waals surface area contributed by atoms with Gasteiger partial charge in [0.15, 0.2) is 0 Å². The fourth-order valence-corrected chi connectivity index (χ4v) is 2.83. The fourth-order valence-electron chi connectivity index (χ4n) is 2.83. The minimum Gasteiger partial charge on any atom is -0.379 e. The van der Waals surface area contributed by atoms with Crippen LogP contribution in [0.15, 0.2) is 42.5 Å². The van der Waals surface area contributed by atoms with E-state index >= 15 is 0 Å². The van der Waals surface area contributed by atoms with Gasteiger partial charge in [-0.1, -0.05) is 24.3 Å². The molecule has 3 aromatic rings. The highest BCUT2D eigenvalue weighted by molar-refractivity contribution is 5.82. The van der Waals surface area contributed by atoms with Crippen LogP contribution in [-0.4, -0.2) is 9.78 Å². The molecule has 0 atom stereocenters. The zero-order valence-corrected chi connectivity index (χ0v) is 12.9. The van der Waals surface area contributed by atoms with Gasteiger partial charge in [0.1, 0.15) is 0 Å². The van der Waals surface area contributed by atoms with Crippen LogP contribution in [-0.2, 0) is 13.1 Å². The molecular formula is C18H21N3. The molecule has 2 aromatic carbocycles. The number of aromatic nitrogens is 2. The molecule has 3 heteroatoms. The summed E-state index contributed by atoms with van der Waals surface area (Å²) in [5.74, 6) is 0. The van der Waals surface area contributed by atoms with Crippen molar-refractivity contribution in [2.45, 2.75) is 33.9 Å². The lowest BCUT2D eigenvalue weighted by atomic mass is 10.1. The van der Waals surface area contributed by atoms with Gasteiger partial charge in [-0.3, -0.25) is 4.68 Å². The predicted octanol–water partition coefficient (Wildman–Crippen LogP) is 4.29. The molecule has 0 fully saturated rings. The Labute approximate surface area is 125 Å². The average molecular weight is 279 g/mol. The molecule has 0 spiro atoms. The molecule has 108 valence electrons. The fraction of sp³-hybridized carbons (Fsp3) is 0.278. The van der Waals surface area contributed by atoms with Crippen LogP contribution < -0.4 is 5.32 Å². The van der Waals surface area contributed by atoms with Crippen molar-refractivity contribution < 1.29 is 0 Å². The van der Waals surface area contributed by atoms with Gasteiger partial charge in [-0.05, 0) is 50.1 Å². The third-order valence-electron chi connectivity index (χ3n) is 3.72. The molecule has 0 unspecified atom stereocenters. The number of fused-ring (bicyclic) bond motifs is 1. The van der Waals surface area contributed by atoms with Crippen LogP contribution >= 0.6 is 0 Å². The van der Waals surface area contributed by atoms with Crippen LogP contribution in [0.1, 0.15) is 23.7 Å². The second-order valence-corrected chi connectivity index (χ2v) is 5.51. The van der Waals surface area contributed by atoms with Crippen molar-refractivity contribution in [2.24, 2.45) is 0 Å². The van der Waals surface area contributed by atoms with Crippen LogP contribution in [0.2, 0.25) is 0 Å². The van der Waals surface area contributed by atoms with Crippen LogP contribution in [0.3, 0.4) is 0 Å². The quantitative estimate of drug-likeness (QED) is 0.772. The number of rotatable bonds is 4. The molecule has 1 N–H and O–H groups in total. The molecule has 21 heavy (non-hydrogen) atoms. The molecule has 3 rings (SSSR count). The first-order valence-corrected chi connectivity index (χ1v) is 7.44. The maximum Gasteiger partial charge on any atom is 0.0894 e. The lowest BCUT2D eigenvalue weighted by Gasteiger charge is -2.07. The molecular weight excluding hydrogens is 258 g/mol. The van der Waals surface area contributed by atoms with E-state index in [1.54, 1.807) is 0 Å². The van der Waals surface area contributed by atoms with Gasteiger partial charge >= 0.3 is 0 Å². The maximum absolute atomic E-state index is 4.72. The van der Waals surface area contributed by atoms with E-state index in [1.165, 1.54) is 22.0 Å². The second-order valence-electron chi connectivity index (χ2n) is 5.51. The Morgan fingerprint density at radius 2 is 1.76 bits per heavy atom. The summed E-state index contributed by atoms with van der Waals surface area (Å²) in [5, 5.41) is 9.45. The number of hydrogen-bond donors (Lipinski definition) is 1. The summed E-state index contributed by atoms with van der Waals surface area (Å²) in [5.41, 5.74) is 6.02.